The molecule has 1 N–H and O–H groups in total. The molecule has 0 bridgehead atoms. The molecular formula is C9H21NO. The monoisotopic (exact) mass is 159 g/mol. The van der Waals surface area contributed by atoms with Gasteiger partial charge in [0.2, 0.25) is 0 Å². The first-order valence-corrected chi connectivity index (χ1v) is 4.69. The number of rotatable bonds is 2. The first-order valence-electron chi connectivity index (χ1n) is 4.69. The zero-order chi connectivity index (χ0) is 8.69. The second kappa shape index (κ2) is 6.62. The summed E-state index contributed by atoms with van der Waals surface area (Å²) in [5, 5.41) is 8.60. The van der Waals surface area contributed by atoms with Crippen LogP contribution >= 0.6 is 0 Å². The Hall–Kier alpha value is -0.0800. The van der Waals surface area contributed by atoms with Gasteiger partial charge in [0.25, 0.3) is 0 Å². The summed E-state index contributed by atoms with van der Waals surface area (Å²) < 4.78 is 0. The molecule has 0 aromatic carbocycles. The van der Waals surface area contributed by atoms with Crippen molar-refractivity contribution in [3.05, 3.63) is 0 Å². The normalized spacial score (nSPS) is 24.5. The average molecular weight is 159 g/mol. The Bertz CT molecular complexity index is 85.6. The summed E-state index contributed by atoms with van der Waals surface area (Å²) in [6, 6.07) is 0.706. The van der Waals surface area contributed by atoms with Crippen molar-refractivity contribution in [1.82, 2.24) is 4.90 Å². The fraction of sp³-hybridized carbons (Fsp3) is 1.00. The lowest BCUT2D eigenvalue weighted by Crippen LogP contribution is -2.29. The topological polar surface area (TPSA) is 23.5 Å². The van der Waals surface area contributed by atoms with E-state index in [0.29, 0.717) is 12.6 Å². The third-order valence-corrected chi connectivity index (χ3v) is 2.08. The van der Waals surface area contributed by atoms with E-state index >= 15 is 0 Å². The molecule has 0 saturated carbocycles. The van der Waals surface area contributed by atoms with Crippen LogP contribution < -0.4 is 0 Å². The Balaban J connectivity index is 0.000000461. The third-order valence-electron chi connectivity index (χ3n) is 2.08. The van der Waals surface area contributed by atoms with Gasteiger partial charge in [-0.25, -0.2) is 0 Å². The van der Waals surface area contributed by atoms with Crippen molar-refractivity contribution in [3.8, 4) is 0 Å². The van der Waals surface area contributed by atoms with Crippen LogP contribution in [0.25, 0.3) is 0 Å². The molecule has 0 amide bonds. The van der Waals surface area contributed by atoms with E-state index in [0.717, 1.165) is 6.54 Å². The van der Waals surface area contributed by atoms with E-state index in [2.05, 4.69) is 11.8 Å². The van der Waals surface area contributed by atoms with Gasteiger partial charge in [-0.05, 0) is 26.3 Å². The SMILES string of the molecule is CC.CC1CCCN1CCO. The zero-order valence-corrected chi connectivity index (χ0v) is 8.01. The molecular weight excluding hydrogens is 138 g/mol. The van der Waals surface area contributed by atoms with Gasteiger partial charge in [0, 0.05) is 12.6 Å². The van der Waals surface area contributed by atoms with Gasteiger partial charge < -0.3 is 5.11 Å². The van der Waals surface area contributed by atoms with Gasteiger partial charge in [0.05, 0.1) is 6.61 Å². The molecule has 0 spiro atoms. The lowest BCUT2D eigenvalue weighted by Gasteiger charge is -2.18. The molecule has 0 aromatic heterocycles. The van der Waals surface area contributed by atoms with Crippen LogP contribution in [-0.2, 0) is 0 Å². The molecule has 1 heterocycles. The van der Waals surface area contributed by atoms with E-state index in [4.69, 9.17) is 5.11 Å². The molecule has 68 valence electrons. The first kappa shape index (κ1) is 10.9. The minimum absolute atomic E-state index is 0.310. The molecule has 2 nitrogen and oxygen atoms in total. The second-order valence-electron chi connectivity index (χ2n) is 2.75. The smallest absolute Gasteiger partial charge is 0.0558 e. The Morgan fingerprint density at radius 2 is 2.09 bits per heavy atom. The van der Waals surface area contributed by atoms with Gasteiger partial charge in [-0.2, -0.15) is 0 Å². The number of aliphatic hydroxyl groups excluding tert-OH is 1. The van der Waals surface area contributed by atoms with Crippen LogP contribution in [0.15, 0.2) is 0 Å². The highest BCUT2D eigenvalue weighted by molar-refractivity contribution is 4.74. The molecule has 1 unspecified atom stereocenters. The third kappa shape index (κ3) is 3.73. The molecule has 1 fully saturated rings. The van der Waals surface area contributed by atoms with Crippen molar-refractivity contribution in [2.24, 2.45) is 0 Å². The van der Waals surface area contributed by atoms with Crippen LogP contribution in [0.3, 0.4) is 0 Å². The first-order chi connectivity index (χ1) is 5.34. The Labute approximate surface area is 70.2 Å². The minimum atomic E-state index is 0.310. The van der Waals surface area contributed by atoms with Crippen LogP contribution in [0.1, 0.15) is 33.6 Å². The van der Waals surface area contributed by atoms with Gasteiger partial charge in [0.15, 0.2) is 0 Å². The molecule has 2 heteroatoms. The van der Waals surface area contributed by atoms with Gasteiger partial charge in [-0.3, -0.25) is 4.90 Å². The summed E-state index contributed by atoms with van der Waals surface area (Å²) in [4.78, 5) is 2.33. The van der Waals surface area contributed by atoms with Gasteiger partial charge in [-0.15, -0.1) is 0 Å². The van der Waals surface area contributed by atoms with Crippen molar-refractivity contribution in [1.29, 1.82) is 0 Å². The summed E-state index contributed by atoms with van der Waals surface area (Å²) in [7, 11) is 0. The van der Waals surface area contributed by atoms with E-state index < -0.39 is 0 Å². The molecule has 1 aliphatic heterocycles. The quantitative estimate of drug-likeness (QED) is 0.660. The largest absolute Gasteiger partial charge is 0.395 e. The van der Waals surface area contributed by atoms with Crippen molar-refractivity contribution in [3.63, 3.8) is 0 Å². The molecule has 1 saturated heterocycles. The predicted octanol–water partition coefficient (Wildman–Crippen LogP) is 1.49. The number of aliphatic hydroxyl groups is 1. The van der Waals surface area contributed by atoms with Gasteiger partial charge in [-0.1, -0.05) is 13.8 Å². The van der Waals surface area contributed by atoms with Crippen LogP contribution in [0.5, 0.6) is 0 Å². The lowest BCUT2D eigenvalue weighted by molar-refractivity contribution is 0.192. The van der Waals surface area contributed by atoms with Crippen LogP contribution in [0.2, 0.25) is 0 Å². The van der Waals surface area contributed by atoms with E-state index in [1.807, 2.05) is 13.8 Å². The maximum absolute atomic E-state index is 8.60. The Kier molecular flexibility index (Phi) is 6.57. The fourth-order valence-corrected chi connectivity index (χ4v) is 1.45. The summed E-state index contributed by atoms with van der Waals surface area (Å²) >= 11 is 0. The number of nitrogens with zero attached hydrogens (tertiary/aromatic N) is 1. The second-order valence-corrected chi connectivity index (χ2v) is 2.75. The summed E-state index contributed by atoms with van der Waals surface area (Å²) in [6.45, 7) is 8.58. The van der Waals surface area contributed by atoms with Crippen molar-refractivity contribution >= 4 is 0 Å². The number of likely N-dealkylation sites (tertiary alicyclic amines) is 1. The Morgan fingerprint density at radius 1 is 1.45 bits per heavy atom. The average Bonchev–Trinajstić information content (AvgIpc) is 2.42. The molecule has 1 aliphatic rings. The van der Waals surface area contributed by atoms with E-state index in [1.54, 1.807) is 0 Å². The fourth-order valence-electron chi connectivity index (χ4n) is 1.45. The van der Waals surface area contributed by atoms with E-state index in [1.165, 1.54) is 19.4 Å². The predicted molar refractivity (Wildman–Crippen MR) is 48.7 cm³/mol. The molecule has 1 rings (SSSR count). The maximum atomic E-state index is 8.60. The van der Waals surface area contributed by atoms with Gasteiger partial charge in [0.1, 0.15) is 0 Å². The van der Waals surface area contributed by atoms with Crippen LogP contribution in [-0.4, -0.2) is 35.7 Å². The maximum Gasteiger partial charge on any atom is 0.0558 e. The number of hydrogen-bond donors (Lipinski definition) is 1. The van der Waals surface area contributed by atoms with E-state index in [9.17, 15) is 0 Å². The van der Waals surface area contributed by atoms with Crippen LogP contribution in [0, 0.1) is 0 Å². The highest BCUT2D eigenvalue weighted by Gasteiger charge is 2.18. The molecule has 0 aromatic rings. The molecule has 0 aliphatic carbocycles. The number of hydrogen-bond acceptors (Lipinski definition) is 2. The standard InChI is InChI=1S/C7H15NO.C2H6/c1-7-3-2-4-8(7)5-6-9;1-2/h7,9H,2-6H2,1H3;1-2H3. The lowest BCUT2D eigenvalue weighted by atomic mass is 10.2. The summed E-state index contributed by atoms with van der Waals surface area (Å²) in [5.41, 5.74) is 0. The van der Waals surface area contributed by atoms with Crippen molar-refractivity contribution in [2.75, 3.05) is 19.7 Å². The summed E-state index contributed by atoms with van der Waals surface area (Å²) in [5.74, 6) is 0. The molecule has 11 heavy (non-hydrogen) atoms. The Morgan fingerprint density at radius 3 is 2.45 bits per heavy atom. The highest BCUT2D eigenvalue weighted by Crippen LogP contribution is 2.14. The van der Waals surface area contributed by atoms with Crippen molar-refractivity contribution in [2.45, 2.75) is 39.7 Å². The number of β-amino-alcohol motifs (C(OH)–C–C–N with tert-alkyl or cyclic N) is 1. The molecule has 0 radical (unpaired) electrons. The van der Waals surface area contributed by atoms with Crippen LogP contribution in [0.4, 0.5) is 0 Å². The highest BCUT2D eigenvalue weighted by atomic mass is 16.3. The summed E-state index contributed by atoms with van der Waals surface area (Å²) in [6.07, 6.45) is 2.61. The van der Waals surface area contributed by atoms with Crippen molar-refractivity contribution < 1.29 is 5.11 Å². The minimum Gasteiger partial charge on any atom is -0.395 e. The van der Waals surface area contributed by atoms with E-state index in [-0.39, 0.29) is 0 Å². The molecule has 1 atom stereocenters. The zero-order valence-electron chi connectivity index (χ0n) is 8.01. The van der Waals surface area contributed by atoms with Gasteiger partial charge >= 0.3 is 0 Å².